The summed E-state index contributed by atoms with van der Waals surface area (Å²) in [4.78, 5) is 12.2. The average Bonchev–Trinajstić information content (AvgIpc) is 3.30. The van der Waals surface area contributed by atoms with E-state index in [2.05, 4.69) is 20.6 Å². The fraction of sp³-hybridized carbons (Fsp3) is 0.368. The molecule has 1 amide bonds. The number of carbonyl (C=O) groups excluding carboxylic acids is 1. The number of carbonyl (C=O) groups is 1. The molecule has 28 heavy (non-hydrogen) atoms. The zero-order valence-electron chi connectivity index (χ0n) is 16.3. The molecule has 0 aliphatic heterocycles. The molecule has 2 aromatic heterocycles. The van der Waals surface area contributed by atoms with E-state index >= 15 is 0 Å². The number of hydrogen-bond donors (Lipinski definition) is 1. The smallest absolute Gasteiger partial charge is 0.243 e. The van der Waals surface area contributed by atoms with Crippen molar-refractivity contribution in [2.24, 2.45) is 0 Å². The number of nitrogens with zero attached hydrogens (tertiary/aromatic N) is 5. The average molecular weight is 401 g/mol. The van der Waals surface area contributed by atoms with E-state index in [0.29, 0.717) is 30.0 Å². The highest BCUT2D eigenvalue weighted by Crippen LogP contribution is 2.30. The number of para-hydroxylation sites is 1. The van der Waals surface area contributed by atoms with Crippen LogP contribution < -0.4 is 10.1 Å². The maximum atomic E-state index is 12.2. The van der Waals surface area contributed by atoms with Gasteiger partial charge in [0.1, 0.15) is 5.56 Å². The first-order chi connectivity index (χ1) is 13.7. The summed E-state index contributed by atoms with van der Waals surface area (Å²) in [6, 6.07) is 9.39. The van der Waals surface area contributed by atoms with Crippen LogP contribution in [0, 0.1) is 0 Å². The highest BCUT2D eigenvalue weighted by molar-refractivity contribution is 7.99. The Balaban J connectivity index is 1.75. The lowest BCUT2D eigenvalue weighted by molar-refractivity contribution is -0.113. The Hall–Kier alpha value is -2.81. The Morgan fingerprint density at radius 1 is 1.14 bits per heavy atom. The maximum absolute atomic E-state index is 12.2. The number of nitrogens with one attached hydrogen (secondary N) is 1. The third kappa shape index (κ3) is 4.53. The number of anilines is 1. The van der Waals surface area contributed by atoms with Crippen LogP contribution in [-0.4, -0.2) is 42.8 Å². The van der Waals surface area contributed by atoms with Crippen molar-refractivity contribution in [2.75, 3.05) is 17.7 Å². The van der Waals surface area contributed by atoms with Gasteiger partial charge in [0.15, 0.2) is 11.0 Å². The van der Waals surface area contributed by atoms with Crippen molar-refractivity contribution in [3.63, 3.8) is 0 Å². The molecule has 0 aliphatic rings. The third-order valence-corrected chi connectivity index (χ3v) is 4.96. The molecule has 0 bridgehead atoms. The molecule has 0 fully saturated rings. The van der Waals surface area contributed by atoms with Gasteiger partial charge in [-0.3, -0.25) is 9.48 Å². The zero-order valence-corrected chi connectivity index (χ0v) is 17.1. The van der Waals surface area contributed by atoms with Gasteiger partial charge in [-0.2, -0.15) is 0 Å². The Morgan fingerprint density at radius 2 is 1.93 bits per heavy atom. The Labute approximate surface area is 168 Å². The first-order valence-electron chi connectivity index (χ1n) is 9.27. The van der Waals surface area contributed by atoms with Crippen LogP contribution in [0.15, 0.2) is 41.7 Å². The second kappa shape index (κ2) is 9.41. The van der Waals surface area contributed by atoms with Crippen LogP contribution in [-0.2, 0) is 17.9 Å². The molecule has 0 saturated heterocycles. The minimum Gasteiger partial charge on any atom is -0.476 e. The molecule has 0 unspecified atom stereocenters. The van der Waals surface area contributed by atoms with E-state index in [1.807, 2.05) is 66.5 Å². The predicted octanol–water partition coefficient (Wildman–Crippen LogP) is 3.31. The minimum atomic E-state index is -0.0859. The number of ether oxygens (including phenoxy) is 1. The molecule has 8 nitrogen and oxygen atoms in total. The third-order valence-electron chi connectivity index (χ3n) is 4.00. The van der Waals surface area contributed by atoms with Crippen molar-refractivity contribution in [1.29, 1.82) is 0 Å². The standard InChI is InChI=1S/C19H24N6O2S/c1-4-24-12-15(18(23-24)27-6-3)17-21-22-19(25(17)5-2)28-13-16(26)20-14-10-8-7-9-11-14/h7-12H,4-6,13H2,1-3H3,(H,20,26). The second-order valence-electron chi connectivity index (χ2n) is 5.89. The van der Waals surface area contributed by atoms with E-state index in [0.717, 1.165) is 17.8 Å². The van der Waals surface area contributed by atoms with Gasteiger partial charge in [-0.1, -0.05) is 30.0 Å². The van der Waals surface area contributed by atoms with Gasteiger partial charge < -0.3 is 14.6 Å². The first kappa shape index (κ1) is 19.9. The quantitative estimate of drug-likeness (QED) is 0.555. The molecule has 1 N–H and O–H groups in total. The van der Waals surface area contributed by atoms with Crippen molar-refractivity contribution >= 4 is 23.4 Å². The van der Waals surface area contributed by atoms with Gasteiger partial charge in [-0.05, 0) is 32.9 Å². The topological polar surface area (TPSA) is 86.9 Å². The van der Waals surface area contributed by atoms with Crippen molar-refractivity contribution in [2.45, 2.75) is 39.0 Å². The van der Waals surface area contributed by atoms with Crippen LogP contribution >= 0.6 is 11.8 Å². The van der Waals surface area contributed by atoms with Gasteiger partial charge in [-0.15, -0.1) is 15.3 Å². The minimum absolute atomic E-state index is 0.0859. The van der Waals surface area contributed by atoms with Crippen molar-refractivity contribution < 1.29 is 9.53 Å². The molecule has 0 radical (unpaired) electrons. The molecule has 3 aromatic rings. The summed E-state index contributed by atoms with van der Waals surface area (Å²) in [6.45, 7) is 7.89. The van der Waals surface area contributed by atoms with E-state index in [1.165, 1.54) is 11.8 Å². The summed E-state index contributed by atoms with van der Waals surface area (Å²) in [7, 11) is 0. The van der Waals surface area contributed by atoms with Crippen molar-refractivity contribution in [3.8, 4) is 17.3 Å². The number of benzene rings is 1. The highest BCUT2D eigenvalue weighted by atomic mass is 32.2. The molecule has 0 atom stereocenters. The lowest BCUT2D eigenvalue weighted by Crippen LogP contribution is -2.14. The van der Waals surface area contributed by atoms with Crippen LogP contribution in [0.5, 0.6) is 5.88 Å². The monoisotopic (exact) mass is 400 g/mol. The molecular weight excluding hydrogens is 376 g/mol. The Morgan fingerprint density at radius 3 is 2.61 bits per heavy atom. The number of thioether (sulfide) groups is 1. The lowest BCUT2D eigenvalue weighted by Gasteiger charge is -2.08. The first-order valence-corrected chi connectivity index (χ1v) is 10.3. The fourth-order valence-corrected chi connectivity index (χ4v) is 3.49. The molecule has 0 aliphatic carbocycles. The molecule has 1 aromatic carbocycles. The van der Waals surface area contributed by atoms with E-state index in [1.54, 1.807) is 0 Å². The van der Waals surface area contributed by atoms with Gasteiger partial charge in [0, 0.05) is 25.0 Å². The molecule has 0 saturated carbocycles. The Bertz CT molecular complexity index is 922. The zero-order chi connectivity index (χ0) is 19.9. The highest BCUT2D eigenvalue weighted by Gasteiger charge is 2.20. The van der Waals surface area contributed by atoms with Crippen LogP contribution in [0.25, 0.3) is 11.4 Å². The van der Waals surface area contributed by atoms with Gasteiger partial charge in [0.25, 0.3) is 0 Å². The summed E-state index contributed by atoms with van der Waals surface area (Å²) in [5.74, 6) is 1.40. The summed E-state index contributed by atoms with van der Waals surface area (Å²) in [5, 5.41) is 16.6. The van der Waals surface area contributed by atoms with E-state index < -0.39 is 0 Å². The van der Waals surface area contributed by atoms with Crippen LogP contribution in [0.1, 0.15) is 20.8 Å². The predicted molar refractivity (Wildman–Crippen MR) is 110 cm³/mol. The molecular formula is C19H24N6O2S. The lowest BCUT2D eigenvalue weighted by atomic mass is 10.3. The summed E-state index contributed by atoms with van der Waals surface area (Å²) in [6.07, 6.45) is 1.91. The van der Waals surface area contributed by atoms with Crippen LogP contribution in [0.2, 0.25) is 0 Å². The molecule has 148 valence electrons. The second-order valence-corrected chi connectivity index (χ2v) is 6.83. The number of amides is 1. The summed E-state index contributed by atoms with van der Waals surface area (Å²) in [5.41, 5.74) is 1.58. The van der Waals surface area contributed by atoms with Crippen LogP contribution in [0.4, 0.5) is 5.69 Å². The van der Waals surface area contributed by atoms with Crippen molar-refractivity contribution in [1.82, 2.24) is 24.5 Å². The molecule has 9 heteroatoms. The summed E-state index contributed by atoms with van der Waals surface area (Å²) >= 11 is 1.36. The van der Waals surface area contributed by atoms with Gasteiger partial charge in [0.2, 0.25) is 11.8 Å². The Kier molecular flexibility index (Phi) is 6.70. The molecule has 3 rings (SSSR count). The summed E-state index contributed by atoms with van der Waals surface area (Å²) < 4.78 is 9.45. The fourth-order valence-electron chi connectivity index (χ4n) is 2.69. The van der Waals surface area contributed by atoms with E-state index in [-0.39, 0.29) is 11.7 Å². The van der Waals surface area contributed by atoms with Gasteiger partial charge in [0.05, 0.1) is 12.4 Å². The van der Waals surface area contributed by atoms with Gasteiger partial charge in [-0.25, -0.2) is 0 Å². The van der Waals surface area contributed by atoms with E-state index in [4.69, 9.17) is 4.74 Å². The number of aromatic nitrogens is 5. The van der Waals surface area contributed by atoms with Crippen LogP contribution in [0.3, 0.4) is 0 Å². The van der Waals surface area contributed by atoms with E-state index in [9.17, 15) is 4.79 Å². The largest absolute Gasteiger partial charge is 0.476 e. The molecule has 0 spiro atoms. The number of rotatable bonds is 9. The van der Waals surface area contributed by atoms with Gasteiger partial charge >= 0.3 is 0 Å². The molecule has 2 heterocycles. The normalized spacial score (nSPS) is 10.8. The number of hydrogen-bond acceptors (Lipinski definition) is 6. The SMILES string of the molecule is CCOc1nn(CC)cc1-c1nnc(SCC(=O)Nc2ccccc2)n1CC. The number of aryl methyl sites for hydroxylation is 1. The maximum Gasteiger partial charge on any atom is 0.243 e. The van der Waals surface area contributed by atoms with Crippen molar-refractivity contribution in [3.05, 3.63) is 36.5 Å².